The van der Waals surface area contributed by atoms with Crippen LogP contribution in [0, 0.1) is 0 Å². The van der Waals surface area contributed by atoms with Crippen LogP contribution in [0.3, 0.4) is 0 Å². The molecule has 1 aromatic rings. The van der Waals surface area contributed by atoms with Crippen molar-refractivity contribution in [2.24, 2.45) is 0 Å². The van der Waals surface area contributed by atoms with Gasteiger partial charge < -0.3 is 10.2 Å². The van der Waals surface area contributed by atoms with E-state index in [1.807, 2.05) is 24.6 Å². The molecule has 106 valence electrons. The molecule has 1 N–H and O–H groups in total. The number of hydrogen-bond donors (Lipinski definition) is 1. The van der Waals surface area contributed by atoms with E-state index in [1.54, 1.807) is 11.3 Å². The average Bonchev–Trinajstić information content (AvgIpc) is 3.09. The summed E-state index contributed by atoms with van der Waals surface area (Å²) in [6, 6.07) is 4.34. The molecule has 1 fully saturated rings. The fraction of sp³-hybridized carbons (Fsp3) is 0.667. The topological polar surface area (TPSA) is 32.3 Å². The molecule has 2 rings (SSSR count). The monoisotopic (exact) mass is 280 g/mol. The Morgan fingerprint density at radius 2 is 2.26 bits per heavy atom. The first-order valence-corrected chi connectivity index (χ1v) is 8.17. The molecule has 0 aromatic carbocycles. The van der Waals surface area contributed by atoms with E-state index >= 15 is 0 Å². The van der Waals surface area contributed by atoms with Gasteiger partial charge in [-0.05, 0) is 37.8 Å². The molecule has 0 radical (unpaired) electrons. The molecule has 1 saturated carbocycles. The van der Waals surface area contributed by atoms with Gasteiger partial charge in [0.05, 0.1) is 0 Å². The molecule has 0 aliphatic heterocycles. The molecule has 1 aliphatic rings. The van der Waals surface area contributed by atoms with Crippen molar-refractivity contribution >= 4 is 17.2 Å². The van der Waals surface area contributed by atoms with Gasteiger partial charge in [0.15, 0.2) is 0 Å². The van der Waals surface area contributed by atoms with Gasteiger partial charge in [-0.15, -0.1) is 11.3 Å². The number of likely N-dealkylation sites (N-methyl/N-ethyl adjacent to an activating group) is 1. The predicted octanol–water partition coefficient (Wildman–Crippen LogP) is 3.19. The Morgan fingerprint density at radius 3 is 2.79 bits per heavy atom. The quantitative estimate of drug-likeness (QED) is 0.868. The number of carbonyl (C=O) groups is 1. The molecular weight excluding hydrogens is 256 g/mol. The van der Waals surface area contributed by atoms with Crippen LogP contribution in [-0.2, 0) is 4.79 Å². The fourth-order valence-electron chi connectivity index (χ4n) is 2.94. The second-order valence-corrected chi connectivity index (χ2v) is 6.19. The minimum Gasteiger partial charge on any atom is -0.338 e. The summed E-state index contributed by atoms with van der Waals surface area (Å²) in [4.78, 5) is 16.1. The van der Waals surface area contributed by atoms with Gasteiger partial charge in [-0.25, -0.2) is 0 Å². The number of thiophene rings is 1. The van der Waals surface area contributed by atoms with E-state index in [2.05, 4.69) is 17.1 Å². The van der Waals surface area contributed by atoms with Crippen molar-refractivity contribution in [3.05, 3.63) is 22.4 Å². The first-order valence-electron chi connectivity index (χ1n) is 7.29. The second-order valence-electron chi connectivity index (χ2n) is 5.21. The lowest BCUT2D eigenvalue weighted by Gasteiger charge is -2.31. The Bertz CT molecular complexity index is 385. The molecule has 19 heavy (non-hydrogen) atoms. The zero-order valence-electron chi connectivity index (χ0n) is 11.9. The largest absolute Gasteiger partial charge is 0.338 e. The summed E-state index contributed by atoms with van der Waals surface area (Å²) in [5.41, 5.74) is 0. The molecule has 0 saturated heterocycles. The SMILES string of the molecule is CCCN(C(=O)C(NC)c1cccs1)C1CCCC1. The van der Waals surface area contributed by atoms with E-state index < -0.39 is 0 Å². The van der Waals surface area contributed by atoms with Crippen LogP contribution < -0.4 is 5.32 Å². The van der Waals surface area contributed by atoms with Crippen LogP contribution in [0.15, 0.2) is 17.5 Å². The minimum absolute atomic E-state index is 0.174. The van der Waals surface area contributed by atoms with Crippen molar-refractivity contribution in [2.45, 2.75) is 51.1 Å². The molecule has 1 aromatic heterocycles. The van der Waals surface area contributed by atoms with E-state index in [1.165, 1.54) is 25.7 Å². The van der Waals surface area contributed by atoms with Gasteiger partial charge in [0, 0.05) is 17.5 Å². The van der Waals surface area contributed by atoms with Gasteiger partial charge >= 0.3 is 0 Å². The summed E-state index contributed by atoms with van der Waals surface area (Å²) >= 11 is 1.65. The van der Waals surface area contributed by atoms with Gasteiger partial charge in [0.25, 0.3) is 0 Å². The molecule has 0 spiro atoms. The third-order valence-electron chi connectivity index (χ3n) is 3.88. The Kier molecular flexibility index (Phi) is 5.40. The highest BCUT2D eigenvalue weighted by molar-refractivity contribution is 7.10. The summed E-state index contributed by atoms with van der Waals surface area (Å²) in [6.45, 7) is 3.03. The van der Waals surface area contributed by atoms with Gasteiger partial charge in [0.2, 0.25) is 5.91 Å². The molecule has 4 heteroatoms. The van der Waals surface area contributed by atoms with E-state index in [4.69, 9.17) is 0 Å². The Balaban J connectivity index is 2.12. The zero-order valence-corrected chi connectivity index (χ0v) is 12.7. The summed E-state index contributed by atoms with van der Waals surface area (Å²) in [6.07, 6.45) is 5.91. The first kappa shape index (κ1) is 14.5. The molecule has 1 aliphatic carbocycles. The van der Waals surface area contributed by atoms with E-state index in [0.717, 1.165) is 17.8 Å². The minimum atomic E-state index is -0.174. The van der Waals surface area contributed by atoms with Gasteiger partial charge in [0.1, 0.15) is 6.04 Å². The highest BCUT2D eigenvalue weighted by atomic mass is 32.1. The molecule has 1 unspecified atom stereocenters. The van der Waals surface area contributed by atoms with E-state index in [-0.39, 0.29) is 11.9 Å². The lowest BCUT2D eigenvalue weighted by atomic mass is 10.1. The molecule has 3 nitrogen and oxygen atoms in total. The van der Waals surface area contributed by atoms with Gasteiger partial charge in [-0.2, -0.15) is 0 Å². The smallest absolute Gasteiger partial charge is 0.245 e. The number of amides is 1. The summed E-state index contributed by atoms with van der Waals surface area (Å²) in [5, 5.41) is 5.22. The second kappa shape index (κ2) is 7.06. The molecular formula is C15H24N2OS. The van der Waals surface area contributed by atoms with Crippen LogP contribution in [0.2, 0.25) is 0 Å². The van der Waals surface area contributed by atoms with Crippen molar-refractivity contribution in [1.82, 2.24) is 10.2 Å². The van der Waals surface area contributed by atoms with Crippen LogP contribution in [0.4, 0.5) is 0 Å². The summed E-state index contributed by atoms with van der Waals surface area (Å²) < 4.78 is 0. The normalized spacial score (nSPS) is 17.6. The molecule has 0 bridgehead atoms. The lowest BCUT2D eigenvalue weighted by Crippen LogP contribution is -2.45. The van der Waals surface area contributed by atoms with Crippen LogP contribution >= 0.6 is 11.3 Å². The molecule has 1 heterocycles. The third-order valence-corrected chi connectivity index (χ3v) is 4.81. The maximum absolute atomic E-state index is 12.8. The van der Waals surface area contributed by atoms with Crippen molar-refractivity contribution in [3.8, 4) is 0 Å². The van der Waals surface area contributed by atoms with Crippen molar-refractivity contribution in [1.29, 1.82) is 0 Å². The number of carbonyl (C=O) groups excluding carboxylic acids is 1. The van der Waals surface area contributed by atoms with Crippen molar-refractivity contribution in [3.63, 3.8) is 0 Å². The standard InChI is InChI=1S/C15H24N2OS/c1-3-10-17(12-7-4-5-8-12)15(18)14(16-2)13-9-6-11-19-13/h6,9,11-12,14,16H,3-5,7-8,10H2,1-2H3. The highest BCUT2D eigenvalue weighted by Crippen LogP contribution is 2.28. The fourth-order valence-corrected chi connectivity index (χ4v) is 3.76. The lowest BCUT2D eigenvalue weighted by molar-refractivity contribution is -0.135. The van der Waals surface area contributed by atoms with Crippen LogP contribution in [0.1, 0.15) is 49.9 Å². The molecule has 1 amide bonds. The Hall–Kier alpha value is -0.870. The number of nitrogens with zero attached hydrogens (tertiary/aromatic N) is 1. The number of rotatable bonds is 6. The van der Waals surface area contributed by atoms with Crippen LogP contribution in [0.5, 0.6) is 0 Å². The van der Waals surface area contributed by atoms with E-state index in [0.29, 0.717) is 6.04 Å². The maximum Gasteiger partial charge on any atom is 0.245 e. The maximum atomic E-state index is 12.8. The van der Waals surface area contributed by atoms with Crippen LogP contribution in [-0.4, -0.2) is 30.4 Å². The highest BCUT2D eigenvalue weighted by Gasteiger charge is 2.31. The van der Waals surface area contributed by atoms with Gasteiger partial charge in [-0.3, -0.25) is 4.79 Å². The number of nitrogens with one attached hydrogen (secondary N) is 1. The predicted molar refractivity (Wildman–Crippen MR) is 80.4 cm³/mol. The van der Waals surface area contributed by atoms with Crippen LogP contribution in [0.25, 0.3) is 0 Å². The number of hydrogen-bond acceptors (Lipinski definition) is 3. The zero-order chi connectivity index (χ0) is 13.7. The summed E-state index contributed by atoms with van der Waals surface area (Å²) in [7, 11) is 1.88. The Labute approximate surface area is 120 Å². The first-order chi connectivity index (χ1) is 9.27. The van der Waals surface area contributed by atoms with Crippen molar-refractivity contribution in [2.75, 3.05) is 13.6 Å². The summed E-state index contributed by atoms with van der Waals surface area (Å²) in [5.74, 6) is 0.249. The Morgan fingerprint density at radius 1 is 1.53 bits per heavy atom. The van der Waals surface area contributed by atoms with Gasteiger partial charge in [-0.1, -0.05) is 25.8 Å². The third kappa shape index (κ3) is 3.37. The van der Waals surface area contributed by atoms with E-state index in [9.17, 15) is 4.79 Å². The average molecular weight is 280 g/mol. The van der Waals surface area contributed by atoms with Crippen molar-refractivity contribution < 1.29 is 4.79 Å². The molecule has 1 atom stereocenters.